The molecule has 1 aromatic heterocycles. The quantitative estimate of drug-likeness (QED) is 0.248. The Bertz CT molecular complexity index is 1040. The first-order valence-electron chi connectivity index (χ1n) is 9.31. The monoisotopic (exact) mass is 431 g/mol. The lowest BCUT2D eigenvalue weighted by Gasteiger charge is -2.08. The molecule has 0 aliphatic heterocycles. The molecule has 10 heteroatoms. The van der Waals surface area contributed by atoms with Gasteiger partial charge in [-0.25, -0.2) is 10.2 Å². The third-order valence-electron chi connectivity index (χ3n) is 4.53. The summed E-state index contributed by atoms with van der Waals surface area (Å²) < 4.78 is 5.09. The number of hydrogen-bond acceptors (Lipinski definition) is 8. The number of anilines is 1. The number of hydrazone groups is 1. The van der Waals surface area contributed by atoms with Crippen LogP contribution in [0.1, 0.15) is 46.6 Å². The van der Waals surface area contributed by atoms with E-state index in [0.29, 0.717) is 5.56 Å². The van der Waals surface area contributed by atoms with Crippen molar-refractivity contribution in [1.82, 2.24) is 5.43 Å². The number of aryl methyl sites for hydroxylation is 1. The van der Waals surface area contributed by atoms with Crippen molar-refractivity contribution in [2.24, 2.45) is 5.10 Å². The number of nitrogens with zero attached hydrogens (tertiary/aromatic N) is 1. The summed E-state index contributed by atoms with van der Waals surface area (Å²) in [6.07, 6.45) is 2.47. The smallest absolute Gasteiger partial charge is 0.341 e. The number of hydrogen-bond donors (Lipinski definition) is 4. The molecule has 1 heterocycles. The Kier molecular flexibility index (Phi) is 6.36. The molecule has 3 rings (SSSR count). The predicted octanol–water partition coefficient (Wildman–Crippen LogP) is 2.30. The van der Waals surface area contributed by atoms with Crippen LogP contribution in [0.5, 0.6) is 11.5 Å². The number of rotatable bonds is 5. The molecule has 0 unspecified atom stereocenters. The molecule has 0 bridgehead atoms. The lowest BCUT2D eigenvalue weighted by Crippen LogP contribution is -2.33. The highest BCUT2D eigenvalue weighted by molar-refractivity contribution is 7.17. The molecule has 0 atom stereocenters. The van der Waals surface area contributed by atoms with Gasteiger partial charge < -0.3 is 20.3 Å². The maximum atomic E-state index is 12.3. The van der Waals surface area contributed by atoms with E-state index in [-0.39, 0.29) is 34.4 Å². The van der Waals surface area contributed by atoms with Gasteiger partial charge in [0, 0.05) is 16.5 Å². The number of carbonyl (C=O) groups excluding carboxylic acids is 3. The normalized spacial score (nSPS) is 12.9. The average Bonchev–Trinajstić information content (AvgIpc) is 3.26. The van der Waals surface area contributed by atoms with Gasteiger partial charge in [0.25, 0.3) is 0 Å². The van der Waals surface area contributed by atoms with Gasteiger partial charge in [-0.2, -0.15) is 5.10 Å². The van der Waals surface area contributed by atoms with Crippen LogP contribution < -0.4 is 10.7 Å². The molecular weight excluding hydrogens is 410 g/mol. The van der Waals surface area contributed by atoms with E-state index in [0.717, 1.165) is 35.8 Å². The molecule has 0 radical (unpaired) electrons. The largest absolute Gasteiger partial charge is 0.508 e. The van der Waals surface area contributed by atoms with Crippen LogP contribution in [-0.2, 0) is 27.2 Å². The maximum Gasteiger partial charge on any atom is 0.341 e. The second kappa shape index (κ2) is 8.95. The van der Waals surface area contributed by atoms with E-state index in [4.69, 9.17) is 4.74 Å². The number of esters is 1. The van der Waals surface area contributed by atoms with Gasteiger partial charge in [-0.1, -0.05) is 0 Å². The van der Waals surface area contributed by atoms with Crippen molar-refractivity contribution < 1.29 is 29.3 Å². The van der Waals surface area contributed by atoms with Crippen LogP contribution in [0.2, 0.25) is 0 Å². The van der Waals surface area contributed by atoms with Crippen LogP contribution in [0.3, 0.4) is 0 Å². The summed E-state index contributed by atoms with van der Waals surface area (Å²) in [5, 5.41) is 25.7. The molecule has 9 nitrogen and oxygen atoms in total. The highest BCUT2D eigenvalue weighted by Crippen LogP contribution is 2.39. The third-order valence-corrected chi connectivity index (χ3v) is 5.74. The molecule has 1 aliphatic rings. The van der Waals surface area contributed by atoms with Gasteiger partial charge in [-0.3, -0.25) is 9.59 Å². The number of carbonyl (C=O) groups is 3. The Balaban J connectivity index is 1.72. The van der Waals surface area contributed by atoms with Gasteiger partial charge in [0.2, 0.25) is 0 Å². The van der Waals surface area contributed by atoms with Crippen LogP contribution in [-0.4, -0.2) is 40.3 Å². The predicted molar refractivity (Wildman–Crippen MR) is 111 cm³/mol. The number of phenolic OH excluding ortho intramolecular Hbond substituents is 2. The first-order valence-corrected chi connectivity index (χ1v) is 10.1. The highest BCUT2D eigenvalue weighted by atomic mass is 32.1. The summed E-state index contributed by atoms with van der Waals surface area (Å²) in [7, 11) is 0. The molecule has 0 fully saturated rings. The van der Waals surface area contributed by atoms with E-state index < -0.39 is 17.8 Å². The highest BCUT2D eigenvalue weighted by Gasteiger charge is 2.29. The molecular formula is C20H21N3O6S. The fraction of sp³-hybridized carbons (Fsp3) is 0.300. The summed E-state index contributed by atoms with van der Waals surface area (Å²) in [4.78, 5) is 37.8. The minimum absolute atomic E-state index is 0.118. The van der Waals surface area contributed by atoms with Crippen molar-refractivity contribution in [3.05, 3.63) is 39.8 Å². The van der Waals surface area contributed by atoms with Gasteiger partial charge in [-0.15, -0.1) is 11.3 Å². The number of thiophene rings is 1. The van der Waals surface area contributed by atoms with E-state index in [2.05, 4.69) is 15.8 Å². The molecule has 0 saturated heterocycles. The average molecular weight is 431 g/mol. The Hall–Kier alpha value is -3.40. The van der Waals surface area contributed by atoms with E-state index in [9.17, 15) is 24.6 Å². The number of amides is 2. The van der Waals surface area contributed by atoms with Crippen molar-refractivity contribution in [3.63, 3.8) is 0 Å². The van der Waals surface area contributed by atoms with E-state index in [1.165, 1.54) is 30.4 Å². The first kappa shape index (κ1) is 21.3. The molecule has 30 heavy (non-hydrogen) atoms. The minimum Gasteiger partial charge on any atom is -0.508 e. The molecule has 1 aliphatic carbocycles. The van der Waals surface area contributed by atoms with E-state index >= 15 is 0 Å². The third kappa shape index (κ3) is 4.43. The van der Waals surface area contributed by atoms with Crippen LogP contribution >= 0.6 is 11.3 Å². The lowest BCUT2D eigenvalue weighted by molar-refractivity contribution is -0.136. The number of aromatic hydroxyl groups is 2. The number of ether oxygens (including phenoxy) is 1. The molecule has 2 aromatic rings. The minimum atomic E-state index is -1.03. The SMILES string of the molecule is CCOC(=O)c1c(NC(=O)C(=O)N/N=C(/C)c2ccc(O)cc2O)sc2c1CCC2. The topological polar surface area (TPSA) is 137 Å². The van der Waals surface area contributed by atoms with Gasteiger partial charge in [0.15, 0.2) is 0 Å². The molecule has 0 saturated carbocycles. The number of nitrogens with one attached hydrogen (secondary N) is 2. The molecule has 4 N–H and O–H groups in total. The Morgan fingerprint density at radius 2 is 1.97 bits per heavy atom. The Morgan fingerprint density at radius 1 is 1.20 bits per heavy atom. The van der Waals surface area contributed by atoms with Crippen molar-refractivity contribution in [1.29, 1.82) is 0 Å². The maximum absolute atomic E-state index is 12.3. The first-order chi connectivity index (χ1) is 14.3. The van der Waals surface area contributed by atoms with Gasteiger partial charge in [-0.05, 0) is 50.8 Å². The van der Waals surface area contributed by atoms with E-state index in [1.807, 2.05) is 0 Å². The Morgan fingerprint density at radius 3 is 2.67 bits per heavy atom. The van der Waals surface area contributed by atoms with Crippen LogP contribution in [0.4, 0.5) is 5.00 Å². The lowest BCUT2D eigenvalue weighted by atomic mass is 10.1. The van der Waals surface area contributed by atoms with Crippen LogP contribution in [0.25, 0.3) is 0 Å². The van der Waals surface area contributed by atoms with Crippen molar-refractivity contribution in [3.8, 4) is 11.5 Å². The Labute approximate surface area is 176 Å². The second-order valence-corrected chi connectivity index (χ2v) is 7.68. The number of phenols is 2. The summed E-state index contributed by atoms with van der Waals surface area (Å²) >= 11 is 1.27. The van der Waals surface area contributed by atoms with Crippen molar-refractivity contribution in [2.45, 2.75) is 33.1 Å². The van der Waals surface area contributed by atoms with Crippen LogP contribution in [0, 0.1) is 0 Å². The zero-order valence-electron chi connectivity index (χ0n) is 16.4. The molecule has 1 aromatic carbocycles. The summed E-state index contributed by atoms with van der Waals surface area (Å²) in [6, 6.07) is 3.92. The van der Waals surface area contributed by atoms with Gasteiger partial charge in [0.1, 0.15) is 16.5 Å². The zero-order chi connectivity index (χ0) is 21.8. The molecule has 2 amide bonds. The second-order valence-electron chi connectivity index (χ2n) is 6.58. The molecule has 158 valence electrons. The number of fused-ring (bicyclic) bond motifs is 1. The zero-order valence-corrected chi connectivity index (χ0v) is 17.3. The van der Waals surface area contributed by atoms with Crippen molar-refractivity contribution >= 4 is 39.8 Å². The van der Waals surface area contributed by atoms with E-state index in [1.54, 1.807) is 6.92 Å². The van der Waals surface area contributed by atoms with Crippen molar-refractivity contribution in [2.75, 3.05) is 11.9 Å². The summed E-state index contributed by atoms with van der Waals surface area (Å²) in [5.41, 5.74) is 3.81. The van der Waals surface area contributed by atoms with Gasteiger partial charge in [0.05, 0.1) is 17.9 Å². The number of benzene rings is 1. The standard InChI is InChI=1S/C20H21N3O6S/c1-3-29-20(28)16-13-5-4-6-15(13)30-19(16)21-17(26)18(27)23-22-10(2)12-8-7-11(24)9-14(12)25/h7-9,24-25H,3-6H2,1-2H3,(H,21,26)(H,23,27)/b22-10-. The summed E-state index contributed by atoms with van der Waals surface area (Å²) in [5.74, 6) is -2.87. The summed E-state index contributed by atoms with van der Waals surface area (Å²) in [6.45, 7) is 3.42. The van der Waals surface area contributed by atoms with Crippen LogP contribution in [0.15, 0.2) is 23.3 Å². The van der Waals surface area contributed by atoms with Gasteiger partial charge >= 0.3 is 17.8 Å². The molecule has 0 spiro atoms. The fourth-order valence-electron chi connectivity index (χ4n) is 3.14. The fourth-order valence-corrected chi connectivity index (χ4v) is 4.42.